The second-order valence-corrected chi connectivity index (χ2v) is 20.2. The first-order chi connectivity index (χ1) is 35.0. The Labute approximate surface area is 440 Å². The zero-order valence-corrected chi connectivity index (χ0v) is 47.0. The lowest BCUT2D eigenvalue weighted by Crippen LogP contribution is -2.30. The fourth-order valence-electron chi connectivity index (χ4n) is 8.68. The fraction of sp³-hybridized carbons (Fsp3) is 0.769. The molecule has 71 heavy (non-hydrogen) atoms. The molecule has 0 aliphatic rings. The van der Waals surface area contributed by atoms with Gasteiger partial charge in [0, 0.05) is 19.3 Å². The Balaban J connectivity index is 4.09. The number of carbonyl (C=O) groups is 3. The Morgan fingerprint density at radius 1 is 0.296 bits per heavy atom. The van der Waals surface area contributed by atoms with Crippen LogP contribution in [0.4, 0.5) is 0 Å². The van der Waals surface area contributed by atoms with Crippen molar-refractivity contribution in [2.45, 2.75) is 309 Å². The van der Waals surface area contributed by atoms with E-state index in [0.29, 0.717) is 19.3 Å². The van der Waals surface area contributed by atoms with Crippen molar-refractivity contribution in [2.24, 2.45) is 0 Å². The molecule has 0 rings (SSSR count). The Kier molecular flexibility index (Phi) is 56.8. The average Bonchev–Trinajstić information content (AvgIpc) is 3.37. The summed E-state index contributed by atoms with van der Waals surface area (Å²) < 4.78 is 16.8. The molecule has 0 aromatic rings. The second kappa shape index (κ2) is 59.4. The summed E-state index contributed by atoms with van der Waals surface area (Å²) in [6, 6.07) is 0. The maximum absolute atomic E-state index is 12.8. The Hall–Kier alpha value is -3.15. The molecule has 0 spiro atoms. The van der Waals surface area contributed by atoms with Gasteiger partial charge in [-0.05, 0) is 70.6 Å². The lowest BCUT2D eigenvalue weighted by molar-refractivity contribution is -0.167. The zero-order valence-electron chi connectivity index (χ0n) is 47.0. The number of rotatable bonds is 55. The van der Waals surface area contributed by atoms with Crippen LogP contribution in [0.5, 0.6) is 0 Å². The average molecular weight is 992 g/mol. The minimum absolute atomic E-state index is 0.0708. The normalized spacial score (nSPS) is 12.5. The van der Waals surface area contributed by atoms with Crippen molar-refractivity contribution in [1.82, 2.24) is 0 Å². The van der Waals surface area contributed by atoms with E-state index in [-0.39, 0.29) is 31.1 Å². The maximum Gasteiger partial charge on any atom is 0.306 e. The summed E-state index contributed by atoms with van der Waals surface area (Å²) in [5.41, 5.74) is 0. The highest BCUT2D eigenvalue weighted by Crippen LogP contribution is 2.16. The summed E-state index contributed by atoms with van der Waals surface area (Å²) in [6.07, 6.45) is 76.4. The van der Waals surface area contributed by atoms with E-state index >= 15 is 0 Å². The molecule has 0 amide bonds. The molecule has 6 nitrogen and oxygen atoms in total. The highest BCUT2D eigenvalue weighted by molar-refractivity contribution is 5.71. The van der Waals surface area contributed by atoms with Gasteiger partial charge in [0.2, 0.25) is 0 Å². The smallest absolute Gasteiger partial charge is 0.306 e. The van der Waals surface area contributed by atoms with Gasteiger partial charge in [-0.3, -0.25) is 14.4 Å². The van der Waals surface area contributed by atoms with E-state index < -0.39 is 6.10 Å². The number of hydrogen-bond donors (Lipinski definition) is 0. The van der Waals surface area contributed by atoms with Gasteiger partial charge in [0.25, 0.3) is 0 Å². The number of ether oxygens (including phenoxy) is 3. The molecule has 410 valence electrons. The van der Waals surface area contributed by atoms with Crippen LogP contribution in [-0.4, -0.2) is 37.2 Å². The van der Waals surface area contributed by atoms with Crippen molar-refractivity contribution in [3.63, 3.8) is 0 Å². The molecule has 6 heteroatoms. The lowest BCUT2D eigenvalue weighted by atomic mass is 10.0. The van der Waals surface area contributed by atoms with Crippen LogP contribution in [0.1, 0.15) is 303 Å². The Morgan fingerprint density at radius 3 is 0.859 bits per heavy atom. The first kappa shape index (κ1) is 67.8. The van der Waals surface area contributed by atoms with Gasteiger partial charge in [-0.25, -0.2) is 0 Å². The van der Waals surface area contributed by atoms with Crippen LogP contribution in [0.3, 0.4) is 0 Å². The number of hydrogen-bond acceptors (Lipinski definition) is 6. The van der Waals surface area contributed by atoms with Gasteiger partial charge in [-0.15, -0.1) is 0 Å². The third-order valence-corrected chi connectivity index (χ3v) is 13.2. The van der Waals surface area contributed by atoms with E-state index in [9.17, 15) is 14.4 Å². The molecule has 0 aromatic carbocycles. The summed E-state index contributed by atoms with van der Waals surface area (Å²) >= 11 is 0. The van der Waals surface area contributed by atoms with Gasteiger partial charge in [0.05, 0.1) is 0 Å². The largest absolute Gasteiger partial charge is 0.462 e. The van der Waals surface area contributed by atoms with Crippen molar-refractivity contribution in [3.05, 3.63) is 72.9 Å². The monoisotopic (exact) mass is 991 g/mol. The summed E-state index contributed by atoms with van der Waals surface area (Å²) in [5, 5.41) is 0. The van der Waals surface area contributed by atoms with Crippen LogP contribution in [-0.2, 0) is 28.6 Å². The molecule has 0 saturated carbocycles. The van der Waals surface area contributed by atoms with Crippen molar-refractivity contribution < 1.29 is 28.6 Å². The first-order valence-electron chi connectivity index (χ1n) is 30.4. The highest BCUT2D eigenvalue weighted by atomic mass is 16.6. The number of allylic oxidation sites excluding steroid dienone is 12. The SMILES string of the molecule is CC/C=C\C/C=C\C/C=C\C/C=C\C/C=C\C/C=C\CCCCCCCCCCCCCCC(=O)OCC(COC(=O)CCCCCCCCCC)OC(=O)CCCCCCCCCCCCCCCC. The number of carbonyl (C=O) groups excluding carboxylic acids is 3. The molecule has 0 saturated heterocycles. The van der Waals surface area contributed by atoms with Crippen molar-refractivity contribution >= 4 is 17.9 Å². The minimum Gasteiger partial charge on any atom is -0.462 e. The molecular weight excluding hydrogens is 877 g/mol. The summed E-state index contributed by atoms with van der Waals surface area (Å²) in [6.45, 7) is 6.52. The molecule has 0 fully saturated rings. The van der Waals surface area contributed by atoms with Crippen molar-refractivity contribution in [2.75, 3.05) is 13.2 Å². The van der Waals surface area contributed by atoms with E-state index in [1.807, 2.05) is 0 Å². The summed E-state index contributed by atoms with van der Waals surface area (Å²) in [5.74, 6) is -0.865. The third kappa shape index (κ3) is 57.6. The van der Waals surface area contributed by atoms with Crippen LogP contribution in [0.15, 0.2) is 72.9 Å². The molecule has 1 unspecified atom stereocenters. The van der Waals surface area contributed by atoms with Crippen molar-refractivity contribution in [3.8, 4) is 0 Å². The van der Waals surface area contributed by atoms with Crippen LogP contribution >= 0.6 is 0 Å². The topological polar surface area (TPSA) is 78.9 Å². The van der Waals surface area contributed by atoms with Crippen LogP contribution in [0, 0.1) is 0 Å². The van der Waals surface area contributed by atoms with E-state index in [2.05, 4.69) is 93.7 Å². The molecule has 0 heterocycles. The third-order valence-electron chi connectivity index (χ3n) is 13.2. The lowest BCUT2D eigenvalue weighted by Gasteiger charge is -2.18. The van der Waals surface area contributed by atoms with Gasteiger partial charge in [-0.1, -0.05) is 286 Å². The second-order valence-electron chi connectivity index (χ2n) is 20.2. The van der Waals surface area contributed by atoms with E-state index in [1.54, 1.807) is 0 Å². The molecule has 0 radical (unpaired) electrons. The predicted octanol–water partition coefficient (Wildman–Crippen LogP) is 20.5. The molecule has 0 bridgehead atoms. The molecule has 0 aliphatic heterocycles. The maximum atomic E-state index is 12.8. The van der Waals surface area contributed by atoms with Crippen LogP contribution in [0.2, 0.25) is 0 Å². The van der Waals surface area contributed by atoms with Gasteiger partial charge in [0.1, 0.15) is 13.2 Å². The van der Waals surface area contributed by atoms with Gasteiger partial charge in [0.15, 0.2) is 6.10 Å². The van der Waals surface area contributed by atoms with Gasteiger partial charge in [-0.2, -0.15) is 0 Å². The molecule has 1 atom stereocenters. The van der Waals surface area contributed by atoms with Gasteiger partial charge < -0.3 is 14.2 Å². The van der Waals surface area contributed by atoms with Crippen LogP contribution < -0.4 is 0 Å². The Morgan fingerprint density at radius 2 is 0.549 bits per heavy atom. The molecule has 0 N–H and O–H groups in total. The minimum atomic E-state index is -0.769. The van der Waals surface area contributed by atoms with E-state index in [4.69, 9.17) is 14.2 Å². The zero-order chi connectivity index (χ0) is 51.4. The molecular formula is C65H114O6. The fourth-order valence-corrected chi connectivity index (χ4v) is 8.68. The Bertz CT molecular complexity index is 1320. The molecule has 0 aromatic heterocycles. The number of unbranched alkanes of at least 4 members (excludes halogenated alkanes) is 32. The van der Waals surface area contributed by atoms with Gasteiger partial charge >= 0.3 is 17.9 Å². The van der Waals surface area contributed by atoms with Crippen LogP contribution in [0.25, 0.3) is 0 Å². The summed E-state index contributed by atoms with van der Waals surface area (Å²) in [4.78, 5) is 38.0. The van der Waals surface area contributed by atoms with E-state index in [1.165, 1.54) is 167 Å². The summed E-state index contributed by atoms with van der Waals surface area (Å²) in [7, 11) is 0. The number of esters is 3. The highest BCUT2D eigenvalue weighted by Gasteiger charge is 2.19. The quantitative estimate of drug-likeness (QED) is 0.0261. The van der Waals surface area contributed by atoms with E-state index in [0.717, 1.165) is 96.3 Å². The van der Waals surface area contributed by atoms with Crippen molar-refractivity contribution in [1.29, 1.82) is 0 Å². The predicted molar refractivity (Wildman–Crippen MR) is 307 cm³/mol. The first-order valence-corrected chi connectivity index (χ1v) is 30.4. The standard InChI is InChI=1S/C65H114O6/c1-4-7-10-13-16-19-21-23-25-26-27-28-29-30-31-32-33-34-35-36-37-38-39-40-41-43-44-46-49-52-55-58-64(67)70-61-62(60-69-63(66)57-54-51-48-18-15-12-9-6-3)71-65(68)59-56-53-50-47-45-42-24-22-20-17-14-11-8-5-2/h7,10,16,19,23,25,27-28,30-31,33-34,62H,4-6,8-9,11-15,17-18,20-22,24,26,29,32,35-61H2,1-3H3/b10-7-,19-16-,25-23-,28-27-,31-30-,34-33-. The molecule has 0 aliphatic carbocycles.